The second-order valence-electron chi connectivity index (χ2n) is 6.97. The zero-order valence-electron chi connectivity index (χ0n) is 14.5. The van der Waals surface area contributed by atoms with Gasteiger partial charge in [-0.3, -0.25) is 4.79 Å². The average Bonchev–Trinajstić information content (AvgIpc) is 2.97. The summed E-state index contributed by atoms with van der Waals surface area (Å²) in [6.07, 6.45) is 5.19. The molecule has 0 aliphatic heterocycles. The number of fused-ring (bicyclic) bond motifs is 1. The number of carbonyl (C=O) groups is 1. The Hall–Kier alpha value is -2.89. The van der Waals surface area contributed by atoms with Crippen molar-refractivity contribution in [3.8, 4) is 5.69 Å². The van der Waals surface area contributed by atoms with Gasteiger partial charge in [0.25, 0.3) is 0 Å². The van der Waals surface area contributed by atoms with Crippen LogP contribution < -0.4 is 5.73 Å². The van der Waals surface area contributed by atoms with Gasteiger partial charge in [-0.15, -0.1) is 0 Å². The van der Waals surface area contributed by atoms with Gasteiger partial charge in [-0.25, -0.2) is 4.68 Å². The predicted octanol–water partition coefficient (Wildman–Crippen LogP) is 2.85. The standard InChI is InChI=1S/C19H22N4O2/c1-4-9-25-22-16-10-19(2,3)11-17-15(16)12-21-23(17)14-7-5-13(6-8-14)18(20)24/h4-8,12H,1,9-11H2,2-3H3,(H2,20,24). The lowest BCUT2D eigenvalue weighted by atomic mass is 9.76. The van der Waals surface area contributed by atoms with E-state index in [2.05, 4.69) is 30.7 Å². The van der Waals surface area contributed by atoms with E-state index in [-0.39, 0.29) is 5.41 Å². The third-order valence-corrected chi connectivity index (χ3v) is 4.24. The fourth-order valence-corrected chi connectivity index (χ4v) is 3.09. The van der Waals surface area contributed by atoms with Gasteiger partial charge in [-0.1, -0.05) is 31.7 Å². The summed E-state index contributed by atoms with van der Waals surface area (Å²) >= 11 is 0. The number of primary amides is 1. The summed E-state index contributed by atoms with van der Waals surface area (Å²) in [6, 6.07) is 7.11. The average molecular weight is 338 g/mol. The van der Waals surface area contributed by atoms with Crippen molar-refractivity contribution in [3.05, 3.63) is 59.9 Å². The summed E-state index contributed by atoms with van der Waals surface area (Å²) in [5.41, 5.74) is 9.70. The molecular weight excluding hydrogens is 316 g/mol. The number of benzene rings is 1. The van der Waals surface area contributed by atoms with E-state index in [4.69, 9.17) is 10.6 Å². The van der Waals surface area contributed by atoms with Gasteiger partial charge in [0.1, 0.15) is 6.61 Å². The van der Waals surface area contributed by atoms with E-state index in [9.17, 15) is 4.79 Å². The Morgan fingerprint density at radius 3 is 2.76 bits per heavy atom. The first-order valence-electron chi connectivity index (χ1n) is 8.18. The number of hydrogen-bond donors (Lipinski definition) is 1. The molecule has 2 aromatic rings. The Balaban J connectivity index is 2.00. The minimum Gasteiger partial charge on any atom is -0.391 e. The minimum atomic E-state index is -0.441. The number of oxime groups is 1. The highest BCUT2D eigenvalue weighted by Crippen LogP contribution is 2.36. The molecule has 0 saturated carbocycles. The number of hydrogen-bond acceptors (Lipinski definition) is 4. The Labute approximate surface area is 147 Å². The monoisotopic (exact) mass is 338 g/mol. The maximum atomic E-state index is 11.2. The van der Waals surface area contributed by atoms with Gasteiger partial charge in [0.15, 0.2) is 0 Å². The fourth-order valence-electron chi connectivity index (χ4n) is 3.09. The SMILES string of the molecule is C=CCON=C1CC(C)(C)Cc2c1cnn2-c1ccc(C(N)=O)cc1. The van der Waals surface area contributed by atoms with Gasteiger partial charge >= 0.3 is 0 Å². The van der Waals surface area contributed by atoms with Crippen LogP contribution in [0.25, 0.3) is 5.69 Å². The maximum absolute atomic E-state index is 11.2. The Kier molecular flexibility index (Phi) is 4.44. The summed E-state index contributed by atoms with van der Waals surface area (Å²) in [5.74, 6) is -0.441. The van der Waals surface area contributed by atoms with Crippen LogP contribution in [0.2, 0.25) is 0 Å². The van der Waals surface area contributed by atoms with E-state index >= 15 is 0 Å². The summed E-state index contributed by atoms with van der Waals surface area (Å²) in [4.78, 5) is 16.6. The van der Waals surface area contributed by atoms with E-state index in [0.717, 1.165) is 35.5 Å². The number of aromatic nitrogens is 2. The van der Waals surface area contributed by atoms with E-state index in [0.29, 0.717) is 12.2 Å². The molecule has 6 nitrogen and oxygen atoms in total. The van der Waals surface area contributed by atoms with Gasteiger partial charge < -0.3 is 10.6 Å². The zero-order valence-corrected chi connectivity index (χ0v) is 14.5. The highest BCUT2D eigenvalue weighted by Gasteiger charge is 2.33. The van der Waals surface area contributed by atoms with E-state index in [1.165, 1.54) is 0 Å². The Morgan fingerprint density at radius 1 is 1.40 bits per heavy atom. The van der Waals surface area contributed by atoms with Crippen molar-refractivity contribution in [2.24, 2.45) is 16.3 Å². The summed E-state index contributed by atoms with van der Waals surface area (Å²) in [6.45, 7) is 8.41. The molecule has 1 heterocycles. The van der Waals surface area contributed by atoms with Crippen molar-refractivity contribution in [2.75, 3.05) is 6.61 Å². The molecule has 130 valence electrons. The topological polar surface area (TPSA) is 82.5 Å². The number of carbonyl (C=O) groups excluding carboxylic acids is 1. The van der Waals surface area contributed by atoms with Crippen LogP contribution in [0.4, 0.5) is 0 Å². The summed E-state index contributed by atoms with van der Waals surface area (Å²) in [5, 5.41) is 8.82. The van der Waals surface area contributed by atoms with Gasteiger partial charge in [-0.05, 0) is 42.5 Å². The fraction of sp³-hybridized carbons (Fsp3) is 0.316. The quantitative estimate of drug-likeness (QED) is 0.517. The van der Waals surface area contributed by atoms with Crippen LogP contribution in [-0.4, -0.2) is 28.0 Å². The first kappa shape index (κ1) is 17.0. The first-order chi connectivity index (χ1) is 11.9. The molecule has 0 spiro atoms. The zero-order chi connectivity index (χ0) is 18.0. The van der Waals surface area contributed by atoms with Crippen molar-refractivity contribution in [2.45, 2.75) is 26.7 Å². The van der Waals surface area contributed by atoms with Gasteiger partial charge in [0.05, 0.1) is 23.3 Å². The smallest absolute Gasteiger partial charge is 0.248 e. The largest absolute Gasteiger partial charge is 0.391 e. The van der Waals surface area contributed by atoms with Crippen molar-refractivity contribution < 1.29 is 9.63 Å². The first-order valence-corrected chi connectivity index (χ1v) is 8.18. The number of nitrogens with two attached hydrogens (primary N) is 1. The molecule has 0 saturated heterocycles. The molecule has 1 amide bonds. The normalized spacial score (nSPS) is 17.1. The molecule has 2 N–H and O–H groups in total. The molecule has 1 aliphatic rings. The third-order valence-electron chi connectivity index (χ3n) is 4.24. The Morgan fingerprint density at radius 2 is 2.12 bits per heavy atom. The molecular formula is C19H22N4O2. The number of rotatable bonds is 5. The third kappa shape index (κ3) is 3.47. The van der Waals surface area contributed by atoms with Crippen LogP contribution in [-0.2, 0) is 11.3 Å². The summed E-state index contributed by atoms with van der Waals surface area (Å²) < 4.78 is 1.89. The highest BCUT2D eigenvalue weighted by atomic mass is 16.6. The van der Waals surface area contributed by atoms with Crippen molar-refractivity contribution >= 4 is 11.6 Å². The van der Waals surface area contributed by atoms with Crippen LogP contribution in [0.15, 0.2) is 48.3 Å². The van der Waals surface area contributed by atoms with E-state index in [1.54, 1.807) is 18.2 Å². The molecule has 0 unspecified atom stereocenters. The van der Waals surface area contributed by atoms with Crippen LogP contribution in [0.1, 0.15) is 41.9 Å². The lowest BCUT2D eigenvalue weighted by molar-refractivity contribution is 0.100. The number of nitrogens with zero attached hydrogens (tertiary/aromatic N) is 3. The molecule has 0 radical (unpaired) electrons. The second kappa shape index (κ2) is 6.55. The van der Waals surface area contributed by atoms with Gasteiger partial charge in [0.2, 0.25) is 5.91 Å². The molecule has 0 atom stereocenters. The molecule has 25 heavy (non-hydrogen) atoms. The lowest BCUT2D eigenvalue weighted by Gasteiger charge is -2.30. The molecule has 1 aromatic heterocycles. The van der Waals surface area contributed by atoms with Crippen LogP contribution in [0.3, 0.4) is 0 Å². The molecule has 0 fully saturated rings. The molecule has 3 rings (SSSR count). The molecule has 6 heteroatoms. The van der Waals surface area contributed by atoms with Crippen molar-refractivity contribution in [3.63, 3.8) is 0 Å². The summed E-state index contributed by atoms with van der Waals surface area (Å²) in [7, 11) is 0. The van der Waals surface area contributed by atoms with Crippen LogP contribution in [0.5, 0.6) is 0 Å². The maximum Gasteiger partial charge on any atom is 0.248 e. The van der Waals surface area contributed by atoms with Crippen molar-refractivity contribution in [1.29, 1.82) is 0 Å². The van der Waals surface area contributed by atoms with Crippen LogP contribution in [0, 0.1) is 5.41 Å². The molecule has 1 aliphatic carbocycles. The predicted molar refractivity (Wildman–Crippen MR) is 96.9 cm³/mol. The highest BCUT2D eigenvalue weighted by molar-refractivity contribution is 6.02. The lowest BCUT2D eigenvalue weighted by Crippen LogP contribution is -2.28. The Bertz CT molecular complexity index is 832. The van der Waals surface area contributed by atoms with E-state index in [1.807, 2.05) is 23.0 Å². The van der Waals surface area contributed by atoms with Crippen LogP contribution >= 0.6 is 0 Å². The molecule has 0 bridgehead atoms. The van der Waals surface area contributed by atoms with Crippen molar-refractivity contribution in [1.82, 2.24) is 9.78 Å². The van der Waals surface area contributed by atoms with Gasteiger partial charge in [-0.2, -0.15) is 5.10 Å². The second-order valence-corrected chi connectivity index (χ2v) is 6.97. The minimum absolute atomic E-state index is 0.0499. The number of amides is 1. The van der Waals surface area contributed by atoms with Gasteiger partial charge in [0, 0.05) is 11.1 Å². The molecule has 1 aromatic carbocycles. The van der Waals surface area contributed by atoms with E-state index < -0.39 is 5.91 Å².